The quantitative estimate of drug-likeness (QED) is 0.849. The minimum Gasteiger partial charge on any atom is -0.341 e. The maximum Gasteiger partial charge on any atom is 0.236 e. The lowest BCUT2D eigenvalue weighted by Crippen LogP contribution is -2.43. The second-order valence-corrected chi connectivity index (χ2v) is 5.58. The molecule has 1 atom stereocenters. The molecule has 5 heteroatoms. The summed E-state index contributed by atoms with van der Waals surface area (Å²) < 4.78 is 27.1. The molecule has 1 unspecified atom stereocenters. The van der Waals surface area contributed by atoms with Crippen molar-refractivity contribution in [2.24, 2.45) is 0 Å². The lowest BCUT2D eigenvalue weighted by atomic mass is 9.90. The molecule has 1 aromatic rings. The van der Waals surface area contributed by atoms with E-state index < -0.39 is 11.6 Å². The molecule has 1 saturated heterocycles. The third-order valence-electron chi connectivity index (χ3n) is 3.62. The monoisotopic (exact) mass is 282 g/mol. The third-order valence-corrected chi connectivity index (χ3v) is 3.62. The van der Waals surface area contributed by atoms with E-state index in [9.17, 15) is 13.6 Å². The molecule has 0 N–H and O–H groups in total. The number of piperidine rings is 1. The molecule has 0 aromatic heterocycles. The molecule has 1 aromatic carbocycles. The fourth-order valence-corrected chi connectivity index (χ4v) is 2.66. The zero-order valence-electron chi connectivity index (χ0n) is 11.9. The topological polar surface area (TPSA) is 23.6 Å². The minimum atomic E-state index is -0.432. The van der Waals surface area contributed by atoms with Crippen molar-refractivity contribution in [1.29, 1.82) is 0 Å². The highest BCUT2D eigenvalue weighted by atomic mass is 19.1. The minimum absolute atomic E-state index is 0.0384. The third kappa shape index (κ3) is 3.54. The zero-order chi connectivity index (χ0) is 14.7. The molecule has 0 aliphatic carbocycles. The van der Waals surface area contributed by atoms with Crippen LogP contribution in [0, 0.1) is 11.6 Å². The maximum atomic E-state index is 13.8. The summed E-state index contributed by atoms with van der Waals surface area (Å²) >= 11 is 0. The molecule has 20 heavy (non-hydrogen) atoms. The van der Waals surface area contributed by atoms with Crippen LogP contribution in [0.15, 0.2) is 18.2 Å². The van der Waals surface area contributed by atoms with E-state index in [-0.39, 0.29) is 11.8 Å². The van der Waals surface area contributed by atoms with Gasteiger partial charge in [-0.25, -0.2) is 8.78 Å². The Hall–Kier alpha value is -1.49. The van der Waals surface area contributed by atoms with E-state index in [2.05, 4.69) is 0 Å². The molecule has 1 fully saturated rings. The van der Waals surface area contributed by atoms with Gasteiger partial charge in [-0.1, -0.05) is 0 Å². The van der Waals surface area contributed by atoms with Crippen LogP contribution in [0.5, 0.6) is 0 Å². The first-order valence-electron chi connectivity index (χ1n) is 6.85. The number of hydrogen-bond acceptors (Lipinski definition) is 2. The molecule has 0 saturated carbocycles. The van der Waals surface area contributed by atoms with Crippen LogP contribution in [0.2, 0.25) is 0 Å². The average molecular weight is 282 g/mol. The second-order valence-electron chi connectivity index (χ2n) is 5.58. The van der Waals surface area contributed by atoms with Gasteiger partial charge in [0.15, 0.2) is 0 Å². The van der Waals surface area contributed by atoms with Gasteiger partial charge in [-0.05, 0) is 50.7 Å². The van der Waals surface area contributed by atoms with E-state index in [1.807, 2.05) is 19.0 Å². The molecule has 0 radical (unpaired) electrons. The Morgan fingerprint density at radius 1 is 1.40 bits per heavy atom. The van der Waals surface area contributed by atoms with E-state index >= 15 is 0 Å². The molecule has 2 rings (SSSR count). The molecule has 1 heterocycles. The Morgan fingerprint density at radius 2 is 2.15 bits per heavy atom. The first-order chi connectivity index (χ1) is 9.47. The van der Waals surface area contributed by atoms with E-state index in [4.69, 9.17) is 0 Å². The van der Waals surface area contributed by atoms with Crippen molar-refractivity contribution >= 4 is 5.91 Å². The molecule has 3 nitrogen and oxygen atoms in total. The highest BCUT2D eigenvalue weighted by Crippen LogP contribution is 2.29. The molecule has 1 aliphatic rings. The second kappa shape index (κ2) is 6.31. The summed E-state index contributed by atoms with van der Waals surface area (Å²) in [4.78, 5) is 15.6. The number of likely N-dealkylation sites (tertiary alicyclic amines) is 1. The number of halogens is 2. The van der Waals surface area contributed by atoms with E-state index in [1.54, 1.807) is 4.90 Å². The van der Waals surface area contributed by atoms with Gasteiger partial charge in [-0.15, -0.1) is 0 Å². The molecular formula is C15H20F2N2O. The molecule has 110 valence electrons. The van der Waals surface area contributed by atoms with Gasteiger partial charge in [-0.2, -0.15) is 0 Å². The van der Waals surface area contributed by atoms with Crippen LogP contribution in [0.3, 0.4) is 0 Å². The summed E-state index contributed by atoms with van der Waals surface area (Å²) in [6.07, 6.45) is 1.60. The van der Waals surface area contributed by atoms with Crippen LogP contribution in [0.1, 0.15) is 24.3 Å². The van der Waals surface area contributed by atoms with Gasteiger partial charge in [0.1, 0.15) is 11.6 Å². The fourth-order valence-electron chi connectivity index (χ4n) is 2.66. The number of hydrogen-bond donors (Lipinski definition) is 0. The van der Waals surface area contributed by atoms with Gasteiger partial charge in [0.2, 0.25) is 5.91 Å². The number of likely N-dealkylation sites (N-methyl/N-ethyl adjacent to an activating group) is 1. The number of benzene rings is 1. The SMILES string of the molecule is CN(C)CC(=O)N1CCCC(c2cc(F)ccc2F)C1. The van der Waals surface area contributed by atoms with Gasteiger partial charge in [0.25, 0.3) is 0 Å². The van der Waals surface area contributed by atoms with Crippen molar-refractivity contribution in [1.82, 2.24) is 9.80 Å². The van der Waals surface area contributed by atoms with Crippen LogP contribution in [-0.4, -0.2) is 49.4 Å². The smallest absolute Gasteiger partial charge is 0.236 e. The molecule has 1 amide bonds. The summed E-state index contributed by atoms with van der Waals surface area (Å²) in [6, 6.07) is 3.53. The van der Waals surface area contributed by atoms with E-state index in [0.29, 0.717) is 25.2 Å². The molecule has 0 spiro atoms. The number of rotatable bonds is 3. The first kappa shape index (κ1) is 14.9. The Morgan fingerprint density at radius 3 is 2.85 bits per heavy atom. The summed E-state index contributed by atoms with van der Waals surface area (Å²) in [5, 5.41) is 0. The van der Waals surface area contributed by atoms with Gasteiger partial charge < -0.3 is 9.80 Å². The number of carbonyl (C=O) groups excluding carboxylic acids is 1. The zero-order valence-corrected chi connectivity index (χ0v) is 11.9. The van der Waals surface area contributed by atoms with Crippen molar-refractivity contribution in [2.75, 3.05) is 33.7 Å². The molecular weight excluding hydrogens is 262 g/mol. The van der Waals surface area contributed by atoms with Crippen LogP contribution in [0.25, 0.3) is 0 Å². The summed E-state index contributed by atoms with van der Waals surface area (Å²) in [5.41, 5.74) is 0.382. The standard InChI is InChI=1S/C15H20F2N2O/c1-18(2)10-15(20)19-7-3-4-11(9-19)13-8-12(16)5-6-14(13)17/h5-6,8,11H,3-4,7,9-10H2,1-2H3. The van der Waals surface area contributed by atoms with Crippen molar-refractivity contribution in [3.63, 3.8) is 0 Å². The Balaban J connectivity index is 2.10. The number of nitrogens with zero attached hydrogens (tertiary/aromatic N) is 2. The van der Waals surface area contributed by atoms with Crippen molar-refractivity contribution in [3.05, 3.63) is 35.4 Å². The van der Waals surface area contributed by atoms with Crippen LogP contribution in [0.4, 0.5) is 8.78 Å². The molecule has 0 bridgehead atoms. The number of carbonyl (C=O) groups is 1. The van der Waals surface area contributed by atoms with Crippen molar-refractivity contribution in [3.8, 4) is 0 Å². The highest BCUT2D eigenvalue weighted by Gasteiger charge is 2.26. The summed E-state index contributed by atoms with van der Waals surface area (Å²) in [5.74, 6) is -0.904. The van der Waals surface area contributed by atoms with E-state index in [0.717, 1.165) is 25.0 Å². The largest absolute Gasteiger partial charge is 0.341 e. The van der Waals surface area contributed by atoms with Crippen LogP contribution < -0.4 is 0 Å². The van der Waals surface area contributed by atoms with Crippen molar-refractivity contribution in [2.45, 2.75) is 18.8 Å². The van der Waals surface area contributed by atoms with E-state index in [1.165, 1.54) is 6.07 Å². The van der Waals surface area contributed by atoms with Gasteiger partial charge in [-0.3, -0.25) is 4.79 Å². The Labute approximate surface area is 118 Å². The van der Waals surface area contributed by atoms with Crippen LogP contribution >= 0.6 is 0 Å². The van der Waals surface area contributed by atoms with Crippen LogP contribution in [-0.2, 0) is 4.79 Å². The van der Waals surface area contributed by atoms with Gasteiger partial charge in [0.05, 0.1) is 6.54 Å². The lowest BCUT2D eigenvalue weighted by Gasteiger charge is -2.33. The number of amides is 1. The highest BCUT2D eigenvalue weighted by molar-refractivity contribution is 5.78. The normalized spacial score (nSPS) is 19.4. The Kier molecular flexibility index (Phi) is 4.70. The Bertz CT molecular complexity index is 491. The summed E-state index contributed by atoms with van der Waals surface area (Å²) in [7, 11) is 3.68. The lowest BCUT2D eigenvalue weighted by molar-refractivity contribution is -0.133. The predicted octanol–water partition coefficient (Wildman–Crippen LogP) is 2.23. The molecule has 1 aliphatic heterocycles. The average Bonchev–Trinajstić information content (AvgIpc) is 2.41. The van der Waals surface area contributed by atoms with Gasteiger partial charge in [0, 0.05) is 19.0 Å². The predicted molar refractivity (Wildman–Crippen MR) is 73.5 cm³/mol. The van der Waals surface area contributed by atoms with Gasteiger partial charge >= 0.3 is 0 Å². The summed E-state index contributed by atoms with van der Waals surface area (Å²) in [6.45, 7) is 1.51. The first-order valence-corrected chi connectivity index (χ1v) is 6.85. The van der Waals surface area contributed by atoms with Crippen molar-refractivity contribution < 1.29 is 13.6 Å². The maximum absolute atomic E-state index is 13.8. The fraction of sp³-hybridized carbons (Fsp3) is 0.533.